The summed E-state index contributed by atoms with van der Waals surface area (Å²) in [4.78, 5) is 0. The number of sulfone groups is 1. The number of para-hydroxylation sites is 1. The van der Waals surface area contributed by atoms with Gasteiger partial charge in [0.2, 0.25) is 0 Å². The molecule has 0 radical (unpaired) electrons. The van der Waals surface area contributed by atoms with E-state index in [1.807, 2.05) is 24.3 Å². The number of hydrogen-bond donors (Lipinski definition) is 0. The van der Waals surface area contributed by atoms with Crippen molar-refractivity contribution in [2.24, 2.45) is 0 Å². The van der Waals surface area contributed by atoms with Gasteiger partial charge in [0.15, 0.2) is 9.84 Å². The molecular weight excluding hydrogens is 280 g/mol. The first kappa shape index (κ1) is 12.5. The molecule has 0 fully saturated rings. The van der Waals surface area contributed by atoms with Gasteiger partial charge in [-0.2, -0.15) is 0 Å². The van der Waals surface area contributed by atoms with Crippen LogP contribution in [0.15, 0.2) is 24.3 Å². The summed E-state index contributed by atoms with van der Waals surface area (Å²) < 4.78 is 27.2. The fourth-order valence-corrected chi connectivity index (χ4v) is 1.91. The number of hydrogen-bond acceptors (Lipinski definition) is 3. The summed E-state index contributed by atoms with van der Waals surface area (Å²) in [7, 11) is -2.95. The quantitative estimate of drug-likeness (QED) is 0.780. The monoisotopic (exact) mass is 292 g/mol. The average molecular weight is 293 g/mol. The third kappa shape index (κ3) is 4.66. The Kier molecular flexibility index (Phi) is 4.60. The van der Waals surface area contributed by atoms with Gasteiger partial charge >= 0.3 is 0 Å². The van der Waals surface area contributed by atoms with E-state index in [1.165, 1.54) is 6.26 Å². The average Bonchev–Trinajstić information content (AvgIpc) is 2.16. The molecule has 0 saturated heterocycles. The van der Waals surface area contributed by atoms with Crippen LogP contribution in [0.4, 0.5) is 0 Å². The highest BCUT2D eigenvalue weighted by atomic mass is 79.9. The minimum absolute atomic E-state index is 0.0453. The smallest absolute Gasteiger partial charge is 0.150 e. The van der Waals surface area contributed by atoms with Gasteiger partial charge in [0.25, 0.3) is 0 Å². The predicted octanol–water partition coefficient (Wildman–Crippen LogP) is 2.00. The molecule has 84 valence electrons. The van der Waals surface area contributed by atoms with E-state index in [0.717, 1.165) is 11.3 Å². The highest BCUT2D eigenvalue weighted by Gasteiger charge is 2.04. The normalized spacial score (nSPS) is 11.3. The molecule has 0 saturated carbocycles. The summed E-state index contributed by atoms with van der Waals surface area (Å²) >= 11 is 3.34. The number of benzene rings is 1. The molecule has 0 bridgehead atoms. The lowest BCUT2D eigenvalue weighted by Crippen LogP contribution is -2.12. The van der Waals surface area contributed by atoms with E-state index in [2.05, 4.69) is 15.9 Å². The maximum Gasteiger partial charge on any atom is 0.150 e. The molecular formula is C10H13BrO3S. The van der Waals surface area contributed by atoms with Gasteiger partial charge in [0.1, 0.15) is 12.4 Å². The van der Waals surface area contributed by atoms with E-state index in [4.69, 9.17) is 4.74 Å². The zero-order chi connectivity index (χ0) is 11.3. The Bertz CT molecular complexity index is 414. The molecule has 15 heavy (non-hydrogen) atoms. The van der Waals surface area contributed by atoms with E-state index in [9.17, 15) is 8.42 Å². The molecule has 0 aliphatic heterocycles. The van der Waals surface area contributed by atoms with E-state index in [0.29, 0.717) is 5.33 Å². The van der Waals surface area contributed by atoms with Crippen molar-refractivity contribution in [1.82, 2.24) is 0 Å². The van der Waals surface area contributed by atoms with Crippen LogP contribution in [0.3, 0.4) is 0 Å². The van der Waals surface area contributed by atoms with Crippen LogP contribution in [0.1, 0.15) is 5.56 Å². The topological polar surface area (TPSA) is 43.4 Å². The maximum absolute atomic E-state index is 10.9. The van der Waals surface area contributed by atoms with Crippen LogP contribution < -0.4 is 4.74 Å². The van der Waals surface area contributed by atoms with Crippen LogP contribution in [0.25, 0.3) is 0 Å². The summed E-state index contributed by atoms with van der Waals surface area (Å²) in [5.41, 5.74) is 1.02. The second-order valence-corrected chi connectivity index (χ2v) is 6.04. The van der Waals surface area contributed by atoms with E-state index in [1.54, 1.807) is 0 Å². The van der Waals surface area contributed by atoms with Crippen LogP contribution in [-0.2, 0) is 15.2 Å². The second-order valence-electron chi connectivity index (χ2n) is 3.22. The van der Waals surface area contributed by atoms with Crippen LogP contribution in [0, 0.1) is 0 Å². The van der Waals surface area contributed by atoms with Crippen LogP contribution in [-0.4, -0.2) is 27.0 Å². The maximum atomic E-state index is 10.9. The Balaban J connectivity index is 2.58. The molecule has 0 amide bonds. The van der Waals surface area contributed by atoms with Gasteiger partial charge < -0.3 is 4.74 Å². The summed E-state index contributed by atoms with van der Waals surface area (Å²) in [6.07, 6.45) is 1.20. The van der Waals surface area contributed by atoms with E-state index >= 15 is 0 Å². The lowest BCUT2D eigenvalue weighted by molar-refractivity contribution is 0.338. The first-order chi connectivity index (χ1) is 7.03. The molecule has 1 rings (SSSR count). The van der Waals surface area contributed by atoms with E-state index < -0.39 is 9.84 Å². The first-order valence-electron chi connectivity index (χ1n) is 4.47. The lowest BCUT2D eigenvalue weighted by atomic mass is 10.2. The molecule has 0 aliphatic rings. The molecule has 0 unspecified atom stereocenters. The third-order valence-corrected chi connectivity index (χ3v) is 3.34. The second kappa shape index (κ2) is 5.51. The third-order valence-electron chi connectivity index (χ3n) is 1.83. The van der Waals surface area contributed by atoms with Crippen molar-refractivity contribution in [3.8, 4) is 5.75 Å². The zero-order valence-corrected chi connectivity index (χ0v) is 10.8. The van der Waals surface area contributed by atoms with Crippen molar-refractivity contribution in [2.75, 3.05) is 18.6 Å². The van der Waals surface area contributed by atoms with Gasteiger partial charge in [-0.1, -0.05) is 34.1 Å². The molecule has 0 atom stereocenters. The minimum Gasteiger partial charge on any atom is -0.492 e. The first-order valence-corrected chi connectivity index (χ1v) is 7.65. The number of ether oxygens (including phenoxy) is 1. The van der Waals surface area contributed by atoms with Crippen molar-refractivity contribution in [1.29, 1.82) is 0 Å². The van der Waals surface area contributed by atoms with Gasteiger partial charge in [-0.3, -0.25) is 0 Å². The standard InChI is InChI=1S/C10H13BrO3S/c1-15(12,13)7-6-14-10-5-3-2-4-9(10)8-11/h2-5H,6-8H2,1H3. The van der Waals surface area contributed by atoms with Crippen molar-refractivity contribution >= 4 is 25.8 Å². The van der Waals surface area contributed by atoms with Gasteiger partial charge in [0.05, 0.1) is 5.75 Å². The summed E-state index contributed by atoms with van der Waals surface area (Å²) in [6.45, 7) is 0.197. The molecule has 3 nitrogen and oxygen atoms in total. The van der Waals surface area contributed by atoms with Crippen molar-refractivity contribution in [2.45, 2.75) is 5.33 Å². The van der Waals surface area contributed by atoms with Crippen LogP contribution >= 0.6 is 15.9 Å². The Labute approximate surface area is 98.5 Å². The Hall–Kier alpha value is -0.550. The largest absolute Gasteiger partial charge is 0.492 e. The fraction of sp³-hybridized carbons (Fsp3) is 0.400. The zero-order valence-electron chi connectivity index (χ0n) is 8.44. The molecule has 0 N–H and O–H groups in total. The summed E-state index contributed by atoms with van der Waals surface area (Å²) in [5, 5.41) is 0.696. The van der Waals surface area contributed by atoms with Gasteiger partial charge in [-0.25, -0.2) is 8.42 Å². The molecule has 1 aromatic rings. The highest BCUT2D eigenvalue weighted by Crippen LogP contribution is 2.20. The Morgan fingerprint density at radius 1 is 1.33 bits per heavy atom. The highest BCUT2D eigenvalue weighted by molar-refractivity contribution is 9.08. The number of rotatable bonds is 5. The number of alkyl halides is 1. The molecule has 0 spiro atoms. The minimum atomic E-state index is -2.95. The summed E-state index contributed by atoms with van der Waals surface area (Å²) in [5.74, 6) is 0.780. The van der Waals surface area contributed by atoms with Gasteiger partial charge in [0, 0.05) is 17.1 Å². The molecule has 0 aromatic heterocycles. The van der Waals surface area contributed by atoms with Crippen LogP contribution in [0.5, 0.6) is 5.75 Å². The molecule has 5 heteroatoms. The van der Waals surface area contributed by atoms with Crippen molar-refractivity contribution in [3.05, 3.63) is 29.8 Å². The van der Waals surface area contributed by atoms with Crippen LogP contribution in [0.2, 0.25) is 0 Å². The molecule has 0 aliphatic carbocycles. The number of halogens is 1. The van der Waals surface area contributed by atoms with Gasteiger partial charge in [-0.05, 0) is 6.07 Å². The van der Waals surface area contributed by atoms with Crippen molar-refractivity contribution < 1.29 is 13.2 Å². The van der Waals surface area contributed by atoms with Crippen molar-refractivity contribution in [3.63, 3.8) is 0 Å². The molecule has 0 heterocycles. The Morgan fingerprint density at radius 3 is 2.60 bits per heavy atom. The van der Waals surface area contributed by atoms with E-state index in [-0.39, 0.29) is 12.4 Å². The summed E-state index contributed by atoms with van der Waals surface area (Å²) in [6, 6.07) is 7.55. The predicted molar refractivity (Wildman–Crippen MR) is 64.3 cm³/mol. The SMILES string of the molecule is CS(=O)(=O)CCOc1ccccc1CBr. The Morgan fingerprint density at radius 2 is 2.00 bits per heavy atom. The fourth-order valence-electron chi connectivity index (χ4n) is 1.06. The lowest BCUT2D eigenvalue weighted by Gasteiger charge is -2.08. The van der Waals surface area contributed by atoms with Gasteiger partial charge in [-0.15, -0.1) is 0 Å². The molecule has 1 aromatic carbocycles.